The summed E-state index contributed by atoms with van der Waals surface area (Å²) < 4.78 is 12.2. The third kappa shape index (κ3) is 2.40. The molecular formula is C13H17N3O2. The van der Waals surface area contributed by atoms with Gasteiger partial charge in [-0.3, -0.25) is 4.68 Å². The van der Waals surface area contributed by atoms with Crippen LogP contribution in [0.3, 0.4) is 0 Å². The lowest BCUT2D eigenvalue weighted by atomic mass is 10.1. The fourth-order valence-electron chi connectivity index (χ4n) is 1.82. The van der Waals surface area contributed by atoms with E-state index in [9.17, 15) is 0 Å². The molecule has 0 bridgehead atoms. The van der Waals surface area contributed by atoms with E-state index in [1.807, 2.05) is 31.3 Å². The van der Waals surface area contributed by atoms with Crippen LogP contribution in [0.5, 0.6) is 11.5 Å². The number of aromatic nitrogens is 2. The van der Waals surface area contributed by atoms with Crippen LogP contribution in [0.4, 0.5) is 5.82 Å². The lowest BCUT2D eigenvalue weighted by Gasteiger charge is -2.09. The van der Waals surface area contributed by atoms with Gasteiger partial charge in [-0.2, -0.15) is 5.10 Å². The van der Waals surface area contributed by atoms with E-state index in [4.69, 9.17) is 15.2 Å². The molecule has 0 aliphatic carbocycles. The molecule has 18 heavy (non-hydrogen) atoms. The number of anilines is 1. The predicted octanol–water partition coefficient (Wildman–Crippen LogP) is 1.61. The maximum absolute atomic E-state index is 5.76. The minimum absolute atomic E-state index is 0.650. The summed E-state index contributed by atoms with van der Waals surface area (Å²) in [5.74, 6) is 2.21. The number of benzene rings is 1. The molecule has 0 fully saturated rings. The average Bonchev–Trinajstić information content (AvgIpc) is 2.69. The normalized spacial score (nSPS) is 10.4. The van der Waals surface area contributed by atoms with Gasteiger partial charge in [0.15, 0.2) is 0 Å². The molecule has 0 unspecified atom stereocenters. The first kappa shape index (κ1) is 12.3. The number of methoxy groups -OCH3 is 2. The zero-order valence-electron chi connectivity index (χ0n) is 10.8. The highest BCUT2D eigenvalue weighted by atomic mass is 16.5. The summed E-state index contributed by atoms with van der Waals surface area (Å²) in [5, 5.41) is 4.33. The van der Waals surface area contributed by atoms with Gasteiger partial charge in [0.2, 0.25) is 0 Å². The lowest BCUT2D eigenvalue weighted by molar-refractivity contribution is 0.391. The highest BCUT2D eigenvalue weighted by molar-refractivity contribution is 5.43. The van der Waals surface area contributed by atoms with Crippen LogP contribution in [0.1, 0.15) is 11.3 Å². The summed E-state index contributed by atoms with van der Waals surface area (Å²) in [5.41, 5.74) is 7.73. The molecule has 1 aromatic heterocycles. The van der Waals surface area contributed by atoms with E-state index >= 15 is 0 Å². The molecule has 0 aliphatic rings. The van der Waals surface area contributed by atoms with Gasteiger partial charge in [0, 0.05) is 31.2 Å². The summed E-state index contributed by atoms with van der Waals surface area (Å²) in [6, 6.07) is 7.61. The highest BCUT2D eigenvalue weighted by Gasteiger charge is 2.09. The molecule has 0 aliphatic heterocycles. The lowest BCUT2D eigenvalue weighted by Crippen LogP contribution is -1.98. The van der Waals surface area contributed by atoms with Crippen molar-refractivity contribution in [3.63, 3.8) is 0 Å². The van der Waals surface area contributed by atoms with Gasteiger partial charge < -0.3 is 15.2 Å². The Kier molecular flexibility index (Phi) is 3.41. The summed E-state index contributed by atoms with van der Waals surface area (Å²) in [7, 11) is 5.10. The van der Waals surface area contributed by atoms with Crippen LogP contribution in [-0.2, 0) is 13.5 Å². The van der Waals surface area contributed by atoms with Crippen molar-refractivity contribution in [2.45, 2.75) is 6.42 Å². The van der Waals surface area contributed by atoms with Crippen LogP contribution < -0.4 is 15.2 Å². The molecule has 0 spiro atoms. The first-order chi connectivity index (χ1) is 8.63. The van der Waals surface area contributed by atoms with Crippen LogP contribution in [-0.4, -0.2) is 24.0 Å². The molecular weight excluding hydrogens is 230 g/mol. The zero-order chi connectivity index (χ0) is 13.1. The molecule has 96 valence electrons. The molecule has 1 aromatic carbocycles. The van der Waals surface area contributed by atoms with Crippen molar-refractivity contribution in [2.24, 2.45) is 7.05 Å². The standard InChI is InChI=1S/C13H17N3O2/c1-16-13(14)7-10(15-16)6-9-4-5-11(17-2)8-12(9)18-3/h4-5,7-8H,6,14H2,1-3H3. The number of hydrogen-bond acceptors (Lipinski definition) is 4. The number of rotatable bonds is 4. The smallest absolute Gasteiger partial charge is 0.126 e. The largest absolute Gasteiger partial charge is 0.497 e. The zero-order valence-corrected chi connectivity index (χ0v) is 10.8. The molecule has 5 heteroatoms. The van der Waals surface area contributed by atoms with Gasteiger partial charge in [-0.1, -0.05) is 6.07 Å². The molecule has 0 atom stereocenters. The summed E-state index contributed by atoms with van der Waals surface area (Å²) in [4.78, 5) is 0. The third-order valence-electron chi connectivity index (χ3n) is 2.83. The SMILES string of the molecule is COc1ccc(Cc2cc(N)n(C)n2)c(OC)c1. The van der Waals surface area contributed by atoms with Crippen LogP contribution >= 0.6 is 0 Å². The molecule has 0 saturated carbocycles. The number of nitrogens with two attached hydrogens (primary N) is 1. The van der Waals surface area contributed by atoms with E-state index in [1.54, 1.807) is 18.9 Å². The Labute approximate surface area is 106 Å². The van der Waals surface area contributed by atoms with Gasteiger partial charge in [-0.05, 0) is 6.07 Å². The molecule has 2 rings (SSSR count). The van der Waals surface area contributed by atoms with Crippen LogP contribution in [0.25, 0.3) is 0 Å². The Morgan fingerprint density at radius 2 is 2.00 bits per heavy atom. The molecule has 1 heterocycles. The molecule has 5 nitrogen and oxygen atoms in total. The molecule has 0 radical (unpaired) electrons. The molecule has 0 amide bonds. The Bertz CT molecular complexity index is 530. The molecule has 2 aromatic rings. The van der Waals surface area contributed by atoms with Crippen molar-refractivity contribution in [2.75, 3.05) is 20.0 Å². The highest BCUT2D eigenvalue weighted by Crippen LogP contribution is 2.26. The van der Waals surface area contributed by atoms with Crippen molar-refractivity contribution in [3.8, 4) is 11.5 Å². The summed E-state index contributed by atoms with van der Waals surface area (Å²) in [6.45, 7) is 0. The summed E-state index contributed by atoms with van der Waals surface area (Å²) in [6.07, 6.45) is 0.679. The second-order valence-electron chi connectivity index (χ2n) is 4.04. The fraction of sp³-hybridized carbons (Fsp3) is 0.308. The number of aryl methyl sites for hydroxylation is 1. The summed E-state index contributed by atoms with van der Waals surface area (Å²) >= 11 is 0. The average molecular weight is 247 g/mol. The first-order valence-electron chi connectivity index (χ1n) is 5.63. The van der Waals surface area contributed by atoms with E-state index in [-0.39, 0.29) is 0 Å². The minimum atomic E-state index is 0.650. The van der Waals surface area contributed by atoms with Gasteiger partial charge in [0.1, 0.15) is 17.3 Å². The van der Waals surface area contributed by atoms with Crippen molar-refractivity contribution in [1.29, 1.82) is 0 Å². The monoisotopic (exact) mass is 247 g/mol. The number of nitrogen functional groups attached to an aromatic ring is 1. The van der Waals surface area contributed by atoms with Gasteiger partial charge in [-0.15, -0.1) is 0 Å². The topological polar surface area (TPSA) is 62.3 Å². The van der Waals surface area contributed by atoms with Gasteiger partial charge >= 0.3 is 0 Å². The number of hydrogen-bond donors (Lipinski definition) is 1. The molecule has 0 saturated heterocycles. The van der Waals surface area contributed by atoms with Crippen LogP contribution in [0, 0.1) is 0 Å². The van der Waals surface area contributed by atoms with Crippen molar-refractivity contribution >= 4 is 5.82 Å². The van der Waals surface area contributed by atoms with Crippen LogP contribution in [0.2, 0.25) is 0 Å². The van der Waals surface area contributed by atoms with E-state index in [0.29, 0.717) is 12.2 Å². The van der Waals surface area contributed by atoms with Crippen molar-refractivity contribution < 1.29 is 9.47 Å². The Morgan fingerprint density at radius 1 is 1.22 bits per heavy atom. The first-order valence-corrected chi connectivity index (χ1v) is 5.63. The number of nitrogens with zero attached hydrogens (tertiary/aromatic N) is 2. The van der Waals surface area contributed by atoms with E-state index in [0.717, 1.165) is 22.8 Å². The predicted molar refractivity (Wildman–Crippen MR) is 70.0 cm³/mol. The second-order valence-corrected chi connectivity index (χ2v) is 4.04. The maximum Gasteiger partial charge on any atom is 0.126 e. The fourth-order valence-corrected chi connectivity index (χ4v) is 1.82. The Morgan fingerprint density at radius 3 is 2.56 bits per heavy atom. The maximum atomic E-state index is 5.76. The van der Waals surface area contributed by atoms with Crippen molar-refractivity contribution in [3.05, 3.63) is 35.5 Å². The molecule has 2 N–H and O–H groups in total. The third-order valence-corrected chi connectivity index (χ3v) is 2.83. The Balaban J connectivity index is 2.28. The van der Waals surface area contributed by atoms with Crippen molar-refractivity contribution in [1.82, 2.24) is 9.78 Å². The van der Waals surface area contributed by atoms with E-state index < -0.39 is 0 Å². The van der Waals surface area contributed by atoms with Crippen LogP contribution in [0.15, 0.2) is 24.3 Å². The van der Waals surface area contributed by atoms with E-state index in [1.165, 1.54) is 0 Å². The van der Waals surface area contributed by atoms with Gasteiger partial charge in [0.25, 0.3) is 0 Å². The van der Waals surface area contributed by atoms with Gasteiger partial charge in [0.05, 0.1) is 19.9 Å². The minimum Gasteiger partial charge on any atom is -0.497 e. The number of ether oxygens (including phenoxy) is 2. The quantitative estimate of drug-likeness (QED) is 0.891. The van der Waals surface area contributed by atoms with Gasteiger partial charge in [-0.25, -0.2) is 0 Å². The Hall–Kier alpha value is -2.17. The second kappa shape index (κ2) is 5.00. The van der Waals surface area contributed by atoms with E-state index in [2.05, 4.69) is 5.10 Å².